The topological polar surface area (TPSA) is 110 Å². The zero-order chi connectivity index (χ0) is 15.2. The summed E-state index contributed by atoms with van der Waals surface area (Å²) in [6, 6.07) is 6.97. The summed E-state index contributed by atoms with van der Waals surface area (Å²) < 4.78 is 5.51. The van der Waals surface area contributed by atoms with Crippen molar-refractivity contribution in [1.29, 1.82) is 0 Å². The highest BCUT2D eigenvalue weighted by molar-refractivity contribution is 6.32. The van der Waals surface area contributed by atoms with E-state index in [9.17, 15) is 10.1 Å². The minimum atomic E-state index is -0.545. The van der Waals surface area contributed by atoms with Crippen LogP contribution in [0.1, 0.15) is 0 Å². The van der Waals surface area contributed by atoms with Gasteiger partial charge in [-0.2, -0.15) is 0 Å². The maximum absolute atomic E-state index is 10.6. The van der Waals surface area contributed by atoms with Crippen molar-refractivity contribution in [2.45, 2.75) is 0 Å². The molecule has 0 bridgehead atoms. The highest BCUT2D eigenvalue weighted by Crippen LogP contribution is 2.32. The second kappa shape index (κ2) is 6.64. The molecule has 1 heterocycles. The fraction of sp³-hybridized carbons (Fsp3) is 0. The summed E-state index contributed by atoms with van der Waals surface area (Å²) in [5.41, 5.74) is 1.63. The van der Waals surface area contributed by atoms with E-state index in [2.05, 4.69) is 9.98 Å². The molecule has 2 N–H and O–H groups in total. The smallest absolute Gasteiger partial charge is 0.271 e. The molecule has 0 saturated heterocycles. The minimum Gasteiger partial charge on any atom is -0.456 e. The van der Waals surface area contributed by atoms with E-state index in [1.54, 1.807) is 11.5 Å². The van der Waals surface area contributed by atoms with Crippen molar-refractivity contribution in [2.24, 2.45) is 4.99 Å². The lowest BCUT2D eigenvalue weighted by Gasteiger charge is -2.07. The van der Waals surface area contributed by atoms with E-state index in [-0.39, 0.29) is 16.5 Å². The third-order valence-electron chi connectivity index (χ3n) is 2.33. The number of nitro groups is 1. The Morgan fingerprint density at radius 2 is 2.24 bits per heavy atom. The van der Waals surface area contributed by atoms with Gasteiger partial charge < -0.3 is 4.74 Å². The van der Waals surface area contributed by atoms with E-state index in [1.807, 2.05) is 0 Å². The lowest BCUT2D eigenvalue weighted by Crippen LogP contribution is -2.01. The van der Waals surface area contributed by atoms with E-state index in [4.69, 9.17) is 21.5 Å². The Morgan fingerprint density at radius 1 is 1.43 bits per heavy atom. The molecule has 0 unspecified atom stereocenters. The van der Waals surface area contributed by atoms with Gasteiger partial charge in [-0.15, -0.1) is 0 Å². The fourth-order valence-electron chi connectivity index (χ4n) is 1.44. The van der Waals surface area contributed by atoms with Gasteiger partial charge in [-0.05, 0) is 12.1 Å². The number of halogens is 1. The van der Waals surface area contributed by atoms with Crippen LogP contribution in [0.3, 0.4) is 0 Å². The standard InChI is InChI=1S/C12H9ClN4O4/c13-10-5-8(17(19)20)1-2-11(10)21-9-3-4-14-12(6-9)15-7-16-18/h1-7,18H,(H,14,15,16). The predicted octanol–water partition coefficient (Wildman–Crippen LogP) is 3.07. The molecule has 0 spiro atoms. The molecule has 0 amide bonds. The van der Waals surface area contributed by atoms with E-state index in [0.29, 0.717) is 11.6 Å². The fourth-order valence-corrected chi connectivity index (χ4v) is 1.66. The van der Waals surface area contributed by atoms with Crippen molar-refractivity contribution in [1.82, 2.24) is 10.5 Å². The monoisotopic (exact) mass is 308 g/mol. The molecule has 0 fully saturated rings. The molecule has 0 atom stereocenters. The molecule has 2 aromatic rings. The molecule has 2 rings (SSSR count). The second-order valence-corrected chi connectivity index (χ2v) is 4.12. The Bertz CT molecular complexity index is 693. The minimum absolute atomic E-state index is 0.114. The van der Waals surface area contributed by atoms with Crippen LogP contribution < -0.4 is 10.2 Å². The molecule has 0 aliphatic heterocycles. The molecule has 0 aliphatic carbocycles. The summed E-state index contributed by atoms with van der Waals surface area (Å²) >= 11 is 5.93. The van der Waals surface area contributed by atoms with Crippen LogP contribution in [0.5, 0.6) is 11.5 Å². The first kappa shape index (κ1) is 14.7. The number of nitro benzene ring substituents is 1. The Kier molecular flexibility index (Phi) is 4.64. The lowest BCUT2D eigenvalue weighted by molar-refractivity contribution is -0.384. The van der Waals surface area contributed by atoms with Gasteiger partial charge in [0.2, 0.25) is 0 Å². The van der Waals surface area contributed by atoms with Gasteiger partial charge in [-0.3, -0.25) is 20.8 Å². The number of pyridine rings is 1. The van der Waals surface area contributed by atoms with E-state index >= 15 is 0 Å². The van der Waals surface area contributed by atoms with Crippen LogP contribution in [0.4, 0.5) is 11.5 Å². The number of rotatable bonds is 5. The molecule has 0 radical (unpaired) electrons. The van der Waals surface area contributed by atoms with Crippen molar-refractivity contribution in [3.63, 3.8) is 0 Å². The average molecular weight is 309 g/mol. The Hall–Kier alpha value is -2.71. The molecule has 0 aliphatic rings. The molecular weight excluding hydrogens is 300 g/mol. The van der Waals surface area contributed by atoms with E-state index in [0.717, 1.165) is 6.34 Å². The van der Waals surface area contributed by atoms with Crippen LogP contribution in [0.25, 0.3) is 0 Å². The van der Waals surface area contributed by atoms with Crippen LogP contribution in [0.2, 0.25) is 5.02 Å². The van der Waals surface area contributed by atoms with Crippen LogP contribution in [0.15, 0.2) is 41.5 Å². The maximum atomic E-state index is 10.6. The summed E-state index contributed by atoms with van der Waals surface area (Å²) in [6.07, 6.45) is 2.50. The molecular formula is C12H9ClN4O4. The number of nitrogens with zero attached hydrogens (tertiary/aromatic N) is 3. The van der Waals surface area contributed by atoms with Crippen molar-refractivity contribution in [2.75, 3.05) is 0 Å². The van der Waals surface area contributed by atoms with E-state index < -0.39 is 4.92 Å². The van der Waals surface area contributed by atoms with Gasteiger partial charge >= 0.3 is 0 Å². The largest absolute Gasteiger partial charge is 0.456 e. The van der Waals surface area contributed by atoms with Crippen LogP contribution in [-0.4, -0.2) is 21.5 Å². The van der Waals surface area contributed by atoms with Crippen LogP contribution >= 0.6 is 11.6 Å². The summed E-state index contributed by atoms with van der Waals surface area (Å²) in [4.78, 5) is 17.8. The van der Waals surface area contributed by atoms with Crippen LogP contribution in [-0.2, 0) is 0 Å². The van der Waals surface area contributed by atoms with Crippen LogP contribution in [0, 0.1) is 10.1 Å². The quantitative estimate of drug-likeness (QED) is 0.380. The first-order chi connectivity index (χ1) is 10.1. The summed E-state index contributed by atoms with van der Waals surface area (Å²) in [6.45, 7) is 0. The molecule has 1 aromatic carbocycles. The first-order valence-corrected chi connectivity index (χ1v) is 5.98. The highest BCUT2D eigenvalue weighted by Gasteiger charge is 2.11. The SMILES string of the molecule is O=[N+]([O-])c1ccc(Oc2ccnc(N=CNO)c2)c(Cl)c1. The van der Waals surface area contributed by atoms with Crippen molar-refractivity contribution in [3.8, 4) is 11.5 Å². The molecule has 108 valence electrons. The normalized spacial score (nSPS) is 10.6. The number of nitrogens with one attached hydrogen (secondary N) is 1. The van der Waals surface area contributed by atoms with E-state index in [1.165, 1.54) is 30.5 Å². The Labute approximate surface area is 123 Å². The molecule has 8 nitrogen and oxygen atoms in total. The molecule has 0 saturated carbocycles. The summed E-state index contributed by atoms with van der Waals surface area (Å²) in [7, 11) is 0. The maximum Gasteiger partial charge on any atom is 0.271 e. The molecule has 21 heavy (non-hydrogen) atoms. The van der Waals surface area contributed by atoms with Gasteiger partial charge in [0.1, 0.15) is 17.8 Å². The number of hydroxylamine groups is 1. The van der Waals surface area contributed by atoms with Crippen molar-refractivity contribution < 1.29 is 14.9 Å². The second-order valence-electron chi connectivity index (χ2n) is 3.71. The summed E-state index contributed by atoms with van der Waals surface area (Å²) in [5.74, 6) is 0.960. The number of aromatic nitrogens is 1. The predicted molar refractivity (Wildman–Crippen MR) is 75.5 cm³/mol. The molecule has 9 heteroatoms. The average Bonchev–Trinajstić information content (AvgIpc) is 2.47. The lowest BCUT2D eigenvalue weighted by atomic mass is 10.3. The number of benzene rings is 1. The van der Waals surface area contributed by atoms with Crippen molar-refractivity contribution >= 4 is 29.4 Å². The number of hydrogen-bond donors (Lipinski definition) is 2. The van der Waals surface area contributed by atoms with Gasteiger partial charge in [0.15, 0.2) is 5.82 Å². The third-order valence-corrected chi connectivity index (χ3v) is 2.62. The number of non-ortho nitro benzene ring substituents is 1. The third kappa shape index (κ3) is 3.88. The first-order valence-electron chi connectivity index (χ1n) is 5.60. The highest BCUT2D eigenvalue weighted by atomic mass is 35.5. The van der Waals surface area contributed by atoms with Gasteiger partial charge in [-0.25, -0.2) is 9.98 Å². The number of hydrogen-bond acceptors (Lipinski definition) is 6. The van der Waals surface area contributed by atoms with Crippen molar-refractivity contribution in [3.05, 3.63) is 51.7 Å². The Balaban J connectivity index is 2.22. The Morgan fingerprint density at radius 3 is 2.90 bits per heavy atom. The summed E-state index contributed by atoms with van der Waals surface area (Å²) in [5, 5.41) is 19.1. The van der Waals surface area contributed by atoms with Gasteiger partial charge in [-0.1, -0.05) is 11.6 Å². The zero-order valence-electron chi connectivity index (χ0n) is 10.4. The zero-order valence-corrected chi connectivity index (χ0v) is 11.2. The van der Waals surface area contributed by atoms with Gasteiger partial charge in [0.25, 0.3) is 5.69 Å². The number of aliphatic imine (C=N–C) groups is 1. The van der Waals surface area contributed by atoms with Gasteiger partial charge in [0.05, 0.1) is 9.95 Å². The molecule has 1 aromatic heterocycles. The number of ether oxygens (including phenoxy) is 1. The van der Waals surface area contributed by atoms with Gasteiger partial charge in [0, 0.05) is 24.4 Å².